The summed E-state index contributed by atoms with van der Waals surface area (Å²) < 4.78 is 6.00. The minimum absolute atomic E-state index is 0.664. The highest BCUT2D eigenvalue weighted by Gasteiger charge is 2.07. The van der Waals surface area contributed by atoms with Crippen LogP contribution in [0.3, 0.4) is 0 Å². The van der Waals surface area contributed by atoms with Gasteiger partial charge in [-0.15, -0.1) is 11.3 Å². The van der Waals surface area contributed by atoms with E-state index in [1.54, 1.807) is 6.20 Å². The Morgan fingerprint density at radius 2 is 1.87 bits per heavy atom. The third-order valence-corrected chi connectivity index (χ3v) is 4.56. The Balaban J connectivity index is 1.67. The molecular formula is C19H20N2OS. The van der Waals surface area contributed by atoms with Crippen molar-refractivity contribution in [2.75, 3.05) is 0 Å². The Bertz CT molecular complexity index is 782. The summed E-state index contributed by atoms with van der Waals surface area (Å²) in [4.78, 5) is 7.07. The predicted molar refractivity (Wildman–Crippen MR) is 95.1 cm³/mol. The minimum atomic E-state index is 0.664. The lowest BCUT2D eigenvalue weighted by Crippen LogP contribution is -2.12. The first-order valence-corrected chi connectivity index (χ1v) is 8.47. The van der Waals surface area contributed by atoms with Crippen molar-refractivity contribution < 1.29 is 4.74 Å². The molecule has 0 unspecified atom stereocenters. The molecule has 0 bridgehead atoms. The summed E-state index contributed by atoms with van der Waals surface area (Å²) in [6.45, 7) is 5.75. The van der Waals surface area contributed by atoms with Crippen molar-refractivity contribution in [2.24, 2.45) is 0 Å². The standard InChI is InChI=1S/C19H20N2OS/c1-14-6-3-4-8-18(14)22-19-16(7-5-11-21-19)12-20-13-17-10-9-15(2)23-17/h3-11,20H,12-13H2,1-2H3. The largest absolute Gasteiger partial charge is 0.438 e. The van der Waals surface area contributed by atoms with Crippen LogP contribution in [0.4, 0.5) is 0 Å². The number of hydrogen-bond acceptors (Lipinski definition) is 4. The molecule has 0 aliphatic rings. The lowest BCUT2D eigenvalue weighted by atomic mass is 10.2. The van der Waals surface area contributed by atoms with E-state index in [-0.39, 0.29) is 0 Å². The zero-order chi connectivity index (χ0) is 16.1. The number of pyridine rings is 1. The third-order valence-electron chi connectivity index (χ3n) is 3.56. The summed E-state index contributed by atoms with van der Waals surface area (Å²) >= 11 is 1.82. The van der Waals surface area contributed by atoms with E-state index in [1.807, 2.05) is 54.7 Å². The van der Waals surface area contributed by atoms with E-state index >= 15 is 0 Å². The number of hydrogen-bond donors (Lipinski definition) is 1. The zero-order valence-corrected chi connectivity index (χ0v) is 14.2. The van der Waals surface area contributed by atoms with Gasteiger partial charge in [-0.2, -0.15) is 0 Å². The Hall–Kier alpha value is -2.17. The number of aryl methyl sites for hydroxylation is 2. The highest BCUT2D eigenvalue weighted by atomic mass is 32.1. The molecule has 0 amide bonds. The van der Waals surface area contributed by atoms with Gasteiger partial charge in [0, 0.05) is 34.6 Å². The van der Waals surface area contributed by atoms with Gasteiger partial charge in [0.15, 0.2) is 0 Å². The molecule has 2 heterocycles. The van der Waals surface area contributed by atoms with E-state index in [1.165, 1.54) is 9.75 Å². The Morgan fingerprint density at radius 1 is 1.00 bits per heavy atom. The highest BCUT2D eigenvalue weighted by Crippen LogP contribution is 2.25. The second-order valence-electron chi connectivity index (χ2n) is 5.45. The van der Waals surface area contributed by atoms with E-state index in [0.29, 0.717) is 5.88 Å². The van der Waals surface area contributed by atoms with Crippen molar-refractivity contribution >= 4 is 11.3 Å². The van der Waals surface area contributed by atoms with Gasteiger partial charge < -0.3 is 10.1 Å². The Morgan fingerprint density at radius 3 is 2.65 bits per heavy atom. The molecule has 118 valence electrons. The van der Waals surface area contributed by atoms with Crippen LogP contribution in [0.25, 0.3) is 0 Å². The average Bonchev–Trinajstić information content (AvgIpc) is 2.97. The number of rotatable bonds is 6. The van der Waals surface area contributed by atoms with Gasteiger partial charge in [-0.1, -0.05) is 24.3 Å². The van der Waals surface area contributed by atoms with Gasteiger partial charge in [-0.05, 0) is 43.7 Å². The molecule has 3 rings (SSSR count). The molecule has 0 radical (unpaired) electrons. The summed E-state index contributed by atoms with van der Waals surface area (Å²) in [7, 11) is 0. The van der Waals surface area contributed by atoms with Crippen molar-refractivity contribution in [1.29, 1.82) is 0 Å². The SMILES string of the molecule is Cc1ccc(CNCc2cccnc2Oc2ccccc2C)s1. The molecule has 0 atom stereocenters. The Labute approximate surface area is 141 Å². The van der Waals surface area contributed by atoms with Crippen LogP contribution in [0.15, 0.2) is 54.7 Å². The van der Waals surface area contributed by atoms with Gasteiger partial charge in [0.1, 0.15) is 5.75 Å². The van der Waals surface area contributed by atoms with Gasteiger partial charge in [0.05, 0.1) is 0 Å². The van der Waals surface area contributed by atoms with Crippen molar-refractivity contribution in [3.63, 3.8) is 0 Å². The topological polar surface area (TPSA) is 34.2 Å². The quantitative estimate of drug-likeness (QED) is 0.704. The summed E-state index contributed by atoms with van der Waals surface area (Å²) in [5.74, 6) is 1.51. The highest BCUT2D eigenvalue weighted by molar-refractivity contribution is 7.11. The van der Waals surface area contributed by atoms with Crippen LogP contribution in [0, 0.1) is 13.8 Å². The van der Waals surface area contributed by atoms with Gasteiger partial charge in [-0.25, -0.2) is 4.98 Å². The van der Waals surface area contributed by atoms with Gasteiger partial charge >= 0.3 is 0 Å². The second-order valence-corrected chi connectivity index (χ2v) is 6.82. The van der Waals surface area contributed by atoms with Crippen LogP contribution in [0.5, 0.6) is 11.6 Å². The normalized spacial score (nSPS) is 10.7. The van der Waals surface area contributed by atoms with E-state index in [9.17, 15) is 0 Å². The minimum Gasteiger partial charge on any atom is -0.438 e. The first kappa shape index (κ1) is 15.7. The number of nitrogens with one attached hydrogen (secondary N) is 1. The molecule has 3 aromatic rings. The summed E-state index contributed by atoms with van der Waals surface area (Å²) in [5, 5.41) is 3.46. The maximum Gasteiger partial charge on any atom is 0.223 e. The maximum atomic E-state index is 6.00. The van der Waals surface area contributed by atoms with Crippen LogP contribution in [-0.2, 0) is 13.1 Å². The van der Waals surface area contributed by atoms with E-state index < -0.39 is 0 Å². The Kier molecular flexibility index (Phi) is 5.05. The van der Waals surface area contributed by atoms with Crippen molar-refractivity contribution in [3.8, 4) is 11.6 Å². The molecule has 0 saturated heterocycles. The first-order chi connectivity index (χ1) is 11.2. The van der Waals surface area contributed by atoms with Crippen molar-refractivity contribution in [2.45, 2.75) is 26.9 Å². The molecule has 0 aliphatic heterocycles. The van der Waals surface area contributed by atoms with Gasteiger partial charge in [0.2, 0.25) is 5.88 Å². The molecule has 23 heavy (non-hydrogen) atoms. The molecule has 0 fully saturated rings. The maximum absolute atomic E-state index is 6.00. The number of ether oxygens (including phenoxy) is 1. The van der Waals surface area contributed by atoms with Crippen LogP contribution < -0.4 is 10.1 Å². The molecule has 0 spiro atoms. The van der Waals surface area contributed by atoms with E-state index in [4.69, 9.17) is 4.74 Å². The molecular weight excluding hydrogens is 304 g/mol. The van der Waals surface area contributed by atoms with E-state index in [0.717, 1.165) is 30.0 Å². The van der Waals surface area contributed by atoms with Crippen molar-refractivity contribution in [1.82, 2.24) is 10.3 Å². The molecule has 4 heteroatoms. The lowest BCUT2D eigenvalue weighted by Gasteiger charge is -2.12. The monoisotopic (exact) mass is 324 g/mol. The lowest BCUT2D eigenvalue weighted by molar-refractivity contribution is 0.449. The van der Waals surface area contributed by atoms with Crippen LogP contribution in [-0.4, -0.2) is 4.98 Å². The van der Waals surface area contributed by atoms with Crippen LogP contribution in [0.1, 0.15) is 20.9 Å². The number of aromatic nitrogens is 1. The molecule has 0 aliphatic carbocycles. The summed E-state index contributed by atoms with van der Waals surface area (Å²) in [6, 6.07) is 16.3. The summed E-state index contributed by atoms with van der Waals surface area (Å²) in [5.41, 5.74) is 2.16. The molecule has 3 nitrogen and oxygen atoms in total. The second kappa shape index (κ2) is 7.40. The van der Waals surface area contributed by atoms with Crippen molar-refractivity contribution in [3.05, 3.63) is 75.6 Å². The fourth-order valence-corrected chi connectivity index (χ4v) is 3.19. The molecule has 1 N–H and O–H groups in total. The molecule has 0 saturated carbocycles. The van der Waals surface area contributed by atoms with Gasteiger partial charge in [-0.3, -0.25) is 0 Å². The fourth-order valence-electron chi connectivity index (χ4n) is 2.33. The third kappa shape index (κ3) is 4.18. The predicted octanol–water partition coefficient (Wildman–Crippen LogP) is 4.84. The number of thiophene rings is 1. The number of nitrogens with zero attached hydrogens (tertiary/aromatic N) is 1. The number of para-hydroxylation sites is 1. The van der Waals surface area contributed by atoms with E-state index in [2.05, 4.69) is 29.4 Å². The smallest absolute Gasteiger partial charge is 0.223 e. The average molecular weight is 324 g/mol. The van der Waals surface area contributed by atoms with Gasteiger partial charge in [0.25, 0.3) is 0 Å². The zero-order valence-electron chi connectivity index (χ0n) is 13.4. The number of benzene rings is 1. The molecule has 2 aromatic heterocycles. The van der Waals surface area contributed by atoms with Crippen LogP contribution in [0.2, 0.25) is 0 Å². The van der Waals surface area contributed by atoms with Crippen LogP contribution >= 0.6 is 11.3 Å². The molecule has 1 aromatic carbocycles. The summed E-state index contributed by atoms with van der Waals surface area (Å²) in [6.07, 6.45) is 1.76. The first-order valence-electron chi connectivity index (χ1n) is 7.66. The fraction of sp³-hybridized carbons (Fsp3) is 0.211.